The van der Waals surface area contributed by atoms with Gasteiger partial charge in [0.2, 0.25) is 29.5 Å². The van der Waals surface area contributed by atoms with Crippen LogP contribution in [0.3, 0.4) is 0 Å². The molecule has 0 aliphatic carbocycles. The van der Waals surface area contributed by atoms with Crippen LogP contribution in [0.2, 0.25) is 0 Å². The molecule has 0 spiro atoms. The molecular weight excluding hydrogens is 708 g/mol. The van der Waals surface area contributed by atoms with Crippen molar-refractivity contribution in [2.45, 2.75) is 166 Å². The van der Waals surface area contributed by atoms with Crippen LogP contribution in [0.15, 0.2) is 0 Å². The second-order valence-electron chi connectivity index (χ2n) is 15.4. The van der Waals surface area contributed by atoms with Crippen LogP contribution < -0.4 is 43.4 Å². The number of rotatable bonds is 27. The van der Waals surface area contributed by atoms with Crippen molar-refractivity contribution in [3.63, 3.8) is 0 Å². The third kappa shape index (κ3) is 23.7. The SMILES string of the molecule is CC(C)(C)NC(=O)C(CCC(=O)O)NC(=O)C(CCC(=O)O)NC(=O)C(CCC(O)O)NC(=O)C(CCCCN)NC(=O)C(CCCCN)NC(C)(C)C. The summed E-state index contributed by atoms with van der Waals surface area (Å²) in [6.45, 7) is 11.5. The third-order valence-corrected chi connectivity index (χ3v) is 7.85. The summed E-state index contributed by atoms with van der Waals surface area (Å²) >= 11 is 0. The van der Waals surface area contributed by atoms with Crippen LogP contribution >= 0.6 is 0 Å². The molecule has 0 fully saturated rings. The molecule has 19 heteroatoms. The third-order valence-electron chi connectivity index (χ3n) is 7.85. The van der Waals surface area contributed by atoms with E-state index in [9.17, 15) is 54.0 Å². The van der Waals surface area contributed by atoms with Gasteiger partial charge in [0.05, 0.1) is 6.04 Å². The number of nitrogens with two attached hydrogens (primary N) is 2. The largest absolute Gasteiger partial charge is 0.481 e. The highest BCUT2D eigenvalue weighted by molar-refractivity contribution is 5.96. The minimum absolute atomic E-state index is 0.148. The molecule has 0 bridgehead atoms. The summed E-state index contributed by atoms with van der Waals surface area (Å²) in [5, 5.41) is 53.7. The number of aliphatic carboxylic acids is 2. The second kappa shape index (κ2) is 25.2. The molecule has 0 saturated carbocycles. The minimum atomic E-state index is -1.88. The minimum Gasteiger partial charge on any atom is -0.481 e. The summed E-state index contributed by atoms with van der Waals surface area (Å²) in [6.07, 6.45) is -1.58. The molecular formula is C35H66N8O11. The second-order valence-corrected chi connectivity index (χ2v) is 15.4. The zero-order valence-corrected chi connectivity index (χ0v) is 32.7. The summed E-state index contributed by atoms with van der Waals surface area (Å²) in [4.78, 5) is 90.2. The van der Waals surface area contributed by atoms with Crippen LogP contribution in [0, 0.1) is 0 Å². The van der Waals surface area contributed by atoms with Crippen molar-refractivity contribution < 1.29 is 54.0 Å². The van der Waals surface area contributed by atoms with Gasteiger partial charge in [0.1, 0.15) is 24.2 Å². The number of carbonyl (C=O) groups excluding carboxylic acids is 5. The van der Waals surface area contributed by atoms with Crippen LogP contribution in [0.1, 0.15) is 119 Å². The fourth-order valence-electron chi connectivity index (χ4n) is 5.25. The van der Waals surface area contributed by atoms with E-state index in [4.69, 9.17) is 11.5 Å². The van der Waals surface area contributed by atoms with Gasteiger partial charge in [-0.1, -0.05) is 6.42 Å². The first kappa shape index (κ1) is 50.1. The zero-order valence-electron chi connectivity index (χ0n) is 32.7. The number of nitrogens with one attached hydrogen (secondary N) is 6. The van der Waals surface area contributed by atoms with Crippen molar-refractivity contribution >= 4 is 41.5 Å². The first-order valence-electron chi connectivity index (χ1n) is 18.5. The molecule has 54 heavy (non-hydrogen) atoms. The fourth-order valence-corrected chi connectivity index (χ4v) is 5.25. The molecule has 5 unspecified atom stereocenters. The number of hydrogen-bond donors (Lipinski definition) is 12. The molecule has 312 valence electrons. The molecule has 5 amide bonds. The summed E-state index contributed by atoms with van der Waals surface area (Å²) < 4.78 is 0. The highest BCUT2D eigenvalue weighted by atomic mass is 16.5. The van der Waals surface area contributed by atoms with E-state index in [1.165, 1.54) is 0 Å². The lowest BCUT2D eigenvalue weighted by molar-refractivity contribution is -0.140. The molecule has 0 aliphatic heterocycles. The van der Waals surface area contributed by atoms with E-state index in [-0.39, 0.29) is 19.3 Å². The maximum Gasteiger partial charge on any atom is 0.303 e. The summed E-state index contributed by atoms with van der Waals surface area (Å²) in [6, 6.07) is -6.24. The Kier molecular flexibility index (Phi) is 23.4. The van der Waals surface area contributed by atoms with Gasteiger partial charge < -0.3 is 63.8 Å². The van der Waals surface area contributed by atoms with Gasteiger partial charge in [-0.15, -0.1) is 0 Å². The summed E-state index contributed by atoms with van der Waals surface area (Å²) in [5.41, 5.74) is 10.1. The van der Waals surface area contributed by atoms with E-state index in [1.54, 1.807) is 20.8 Å². The highest BCUT2D eigenvalue weighted by Crippen LogP contribution is 2.12. The Bertz CT molecular complexity index is 1220. The smallest absolute Gasteiger partial charge is 0.303 e. The van der Waals surface area contributed by atoms with Crippen LogP contribution in [-0.4, -0.2) is 123 Å². The Balaban J connectivity index is 6.40. The molecule has 14 N–H and O–H groups in total. The first-order chi connectivity index (χ1) is 25.0. The lowest BCUT2D eigenvalue weighted by atomic mass is 10.0. The molecule has 0 aromatic carbocycles. The number of hydrogen-bond acceptors (Lipinski definition) is 12. The number of carboxylic acids is 2. The van der Waals surface area contributed by atoms with Gasteiger partial charge in [0.15, 0.2) is 6.29 Å². The van der Waals surface area contributed by atoms with Gasteiger partial charge >= 0.3 is 11.9 Å². The Hall–Kier alpha value is -3.91. The Morgan fingerprint density at radius 2 is 0.833 bits per heavy atom. The molecule has 0 rings (SSSR count). The number of unbranched alkanes of at least 4 members (excludes halogenated alkanes) is 2. The number of amides is 5. The lowest BCUT2D eigenvalue weighted by Crippen LogP contribution is -2.60. The number of aliphatic hydroxyl groups is 2. The predicted octanol–water partition coefficient (Wildman–Crippen LogP) is -1.32. The van der Waals surface area contributed by atoms with Gasteiger partial charge in [-0.05, 0) is 106 Å². The van der Waals surface area contributed by atoms with Crippen LogP contribution in [0.4, 0.5) is 0 Å². The summed E-state index contributed by atoms with van der Waals surface area (Å²) in [5.74, 6) is -6.45. The molecule has 0 aliphatic rings. The van der Waals surface area contributed by atoms with Gasteiger partial charge in [0, 0.05) is 30.3 Å². The van der Waals surface area contributed by atoms with Crippen molar-refractivity contribution in [1.82, 2.24) is 31.9 Å². The molecule has 0 radical (unpaired) electrons. The molecule has 19 nitrogen and oxygen atoms in total. The molecule has 0 heterocycles. The average Bonchev–Trinajstić information content (AvgIpc) is 3.03. The van der Waals surface area contributed by atoms with Crippen LogP contribution in [0.5, 0.6) is 0 Å². The van der Waals surface area contributed by atoms with Crippen molar-refractivity contribution in [1.29, 1.82) is 0 Å². The molecule has 0 saturated heterocycles. The molecule has 5 atom stereocenters. The van der Waals surface area contributed by atoms with Crippen molar-refractivity contribution in [3.05, 3.63) is 0 Å². The highest BCUT2D eigenvalue weighted by Gasteiger charge is 2.34. The average molecular weight is 775 g/mol. The van der Waals surface area contributed by atoms with Crippen molar-refractivity contribution in [3.8, 4) is 0 Å². The van der Waals surface area contributed by atoms with Crippen LogP contribution in [-0.2, 0) is 33.6 Å². The van der Waals surface area contributed by atoms with Crippen molar-refractivity contribution in [2.24, 2.45) is 11.5 Å². The number of carboxylic acid groups (broad SMARTS) is 2. The summed E-state index contributed by atoms with van der Waals surface area (Å²) in [7, 11) is 0. The van der Waals surface area contributed by atoms with Gasteiger partial charge in [-0.25, -0.2) is 0 Å². The first-order valence-corrected chi connectivity index (χ1v) is 18.5. The maximum absolute atomic E-state index is 13.7. The van der Waals surface area contributed by atoms with Gasteiger partial charge in [0.25, 0.3) is 0 Å². The van der Waals surface area contributed by atoms with E-state index < -0.39 is 115 Å². The van der Waals surface area contributed by atoms with Crippen LogP contribution in [0.25, 0.3) is 0 Å². The fraction of sp³-hybridized carbons (Fsp3) is 0.800. The quantitative estimate of drug-likeness (QED) is 0.0340. The topological polar surface area (TPSA) is 325 Å². The zero-order chi connectivity index (χ0) is 41.6. The van der Waals surface area contributed by atoms with E-state index in [0.29, 0.717) is 45.2 Å². The Labute approximate surface area is 317 Å². The number of carbonyl (C=O) groups is 7. The molecule has 0 aromatic heterocycles. The molecule has 0 aromatic rings. The number of aliphatic hydroxyl groups excluding tert-OH is 1. The maximum atomic E-state index is 13.7. The Morgan fingerprint density at radius 1 is 0.481 bits per heavy atom. The van der Waals surface area contributed by atoms with Crippen molar-refractivity contribution in [2.75, 3.05) is 13.1 Å². The Morgan fingerprint density at radius 3 is 1.19 bits per heavy atom. The normalized spacial score (nSPS) is 14.6. The van der Waals surface area contributed by atoms with Gasteiger partial charge in [-0.2, -0.15) is 0 Å². The standard InChI is InChI=1S/C35H66N8O11/c1-34(2,3)42-25(12-8-10-20-37)32(53)38-21(11-7-9-19-36)29(50)39-22(13-16-26(44)45)30(51)40-23(14-17-27(46)47)31(52)41-24(15-18-28(48)49)33(54)43-35(4,5)6/h21-26,42,44-45H,7-20,36-37H2,1-6H3,(H,38,53)(H,39,50)(H,40,51)(H,41,52)(H,43,54)(H,46,47)(H,48,49). The van der Waals surface area contributed by atoms with E-state index >= 15 is 0 Å². The lowest BCUT2D eigenvalue weighted by Gasteiger charge is -2.30. The van der Waals surface area contributed by atoms with E-state index in [1.807, 2.05) is 20.8 Å². The van der Waals surface area contributed by atoms with Gasteiger partial charge in [-0.3, -0.25) is 33.6 Å². The predicted molar refractivity (Wildman–Crippen MR) is 199 cm³/mol. The van der Waals surface area contributed by atoms with E-state index in [2.05, 4.69) is 31.9 Å². The van der Waals surface area contributed by atoms with E-state index in [0.717, 1.165) is 0 Å². The monoisotopic (exact) mass is 774 g/mol.